The minimum atomic E-state index is -1.00. The van der Waals surface area contributed by atoms with E-state index in [1.165, 1.54) is 4.68 Å². The molecule has 0 radical (unpaired) electrons. The average Bonchev–Trinajstić information content (AvgIpc) is 2.88. The van der Waals surface area contributed by atoms with E-state index >= 15 is 0 Å². The quantitative estimate of drug-likeness (QED) is 0.893. The molecule has 7 heteroatoms. The van der Waals surface area contributed by atoms with E-state index in [1.807, 2.05) is 13.8 Å². The average molecular weight is 263 g/mol. The Kier molecular flexibility index (Phi) is 3.37. The van der Waals surface area contributed by atoms with Gasteiger partial charge in [-0.2, -0.15) is 9.78 Å². The van der Waals surface area contributed by atoms with Gasteiger partial charge in [0.1, 0.15) is 11.4 Å². The molecule has 0 spiro atoms. The molecule has 0 saturated heterocycles. The minimum Gasteiger partial charge on any atom is -0.477 e. The summed E-state index contributed by atoms with van der Waals surface area (Å²) in [4.78, 5) is 15.8. The molecule has 2 aromatic heterocycles. The summed E-state index contributed by atoms with van der Waals surface area (Å²) in [6, 6.07) is 0. The lowest BCUT2D eigenvalue weighted by Gasteiger charge is -2.06. The maximum atomic E-state index is 11.4. The van der Waals surface area contributed by atoms with Gasteiger partial charge in [0.2, 0.25) is 0 Å². The van der Waals surface area contributed by atoms with Crippen molar-refractivity contribution in [1.82, 2.24) is 24.5 Å². The van der Waals surface area contributed by atoms with Crippen molar-refractivity contribution >= 4 is 5.97 Å². The molecule has 2 heterocycles. The van der Waals surface area contributed by atoms with Crippen LogP contribution in [0.5, 0.6) is 0 Å². The molecule has 0 unspecified atom stereocenters. The Morgan fingerprint density at radius 1 is 1.26 bits per heavy atom. The fourth-order valence-electron chi connectivity index (χ4n) is 2.08. The Morgan fingerprint density at radius 2 is 1.95 bits per heavy atom. The van der Waals surface area contributed by atoms with Gasteiger partial charge in [-0.15, -0.1) is 5.10 Å². The van der Waals surface area contributed by atoms with Crippen molar-refractivity contribution in [3.05, 3.63) is 22.9 Å². The number of carbonyl (C=O) groups is 1. The van der Waals surface area contributed by atoms with Crippen molar-refractivity contribution in [2.24, 2.45) is 7.05 Å². The monoisotopic (exact) mass is 263 g/mol. The van der Waals surface area contributed by atoms with Crippen LogP contribution in [0, 0.1) is 6.92 Å². The van der Waals surface area contributed by atoms with Crippen LogP contribution in [0.3, 0.4) is 0 Å². The summed E-state index contributed by atoms with van der Waals surface area (Å²) >= 11 is 0. The lowest BCUT2D eigenvalue weighted by Crippen LogP contribution is -2.12. The highest BCUT2D eigenvalue weighted by Gasteiger charge is 2.24. The Hall–Kier alpha value is -2.18. The van der Waals surface area contributed by atoms with Gasteiger partial charge >= 0.3 is 5.97 Å². The summed E-state index contributed by atoms with van der Waals surface area (Å²) in [5.41, 5.74) is 0.644. The molecule has 0 aliphatic rings. The first-order chi connectivity index (χ1) is 8.99. The van der Waals surface area contributed by atoms with Gasteiger partial charge in [0, 0.05) is 19.9 Å². The third-order valence-corrected chi connectivity index (χ3v) is 2.96. The van der Waals surface area contributed by atoms with E-state index in [0.717, 1.165) is 5.82 Å². The SMILES string of the molecule is CCc1nc(CC)n(-c2c(C(=O)O)c(C)nn2C)n1. The molecule has 0 amide bonds. The van der Waals surface area contributed by atoms with E-state index in [1.54, 1.807) is 18.7 Å². The number of carboxylic acid groups (broad SMARTS) is 1. The molecule has 0 fully saturated rings. The molecule has 2 rings (SSSR count). The summed E-state index contributed by atoms with van der Waals surface area (Å²) in [5, 5.41) is 17.9. The minimum absolute atomic E-state index is 0.171. The Morgan fingerprint density at radius 3 is 2.47 bits per heavy atom. The molecule has 102 valence electrons. The summed E-state index contributed by atoms with van der Waals surface area (Å²) in [7, 11) is 1.71. The van der Waals surface area contributed by atoms with Crippen LogP contribution in [0.4, 0.5) is 0 Å². The second-order valence-corrected chi connectivity index (χ2v) is 4.28. The molecule has 7 nitrogen and oxygen atoms in total. The molecule has 0 saturated carbocycles. The first-order valence-electron chi connectivity index (χ1n) is 6.21. The number of rotatable bonds is 4. The lowest BCUT2D eigenvalue weighted by atomic mass is 10.2. The van der Waals surface area contributed by atoms with Gasteiger partial charge in [-0.25, -0.2) is 14.5 Å². The smallest absolute Gasteiger partial charge is 0.341 e. The fraction of sp³-hybridized carbons (Fsp3) is 0.500. The first kappa shape index (κ1) is 13.3. The van der Waals surface area contributed by atoms with Crippen LogP contribution < -0.4 is 0 Å². The number of aryl methyl sites for hydroxylation is 4. The summed E-state index contributed by atoms with van der Waals surface area (Å²) in [6.45, 7) is 5.60. The number of carboxylic acids is 1. The van der Waals surface area contributed by atoms with Crippen LogP contribution in [-0.4, -0.2) is 35.6 Å². The van der Waals surface area contributed by atoms with Crippen LogP contribution in [0.25, 0.3) is 5.82 Å². The molecule has 0 aliphatic heterocycles. The molecule has 19 heavy (non-hydrogen) atoms. The third kappa shape index (κ3) is 2.11. The van der Waals surface area contributed by atoms with Crippen molar-refractivity contribution in [1.29, 1.82) is 0 Å². The van der Waals surface area contributed by atoms with Crippen molar-refractivity contribution in [2.45, 2.75) is 33.6 Å². The molecule has 2 aromatic rings. The fourth-order valence-corrected chi connectivity index (χ4v) is 2.08. The maximum absolute atomic E-state index is 11.4. The van der Waals surface area contributed by atoms with Gasteiger partial charge < -0.3 is 5.11 Å². The highest BCUT2D eigenvalue weighted by Crippen LogP contribution is 2.19. The van der Waals surface area contributed by atoms with Crippen molar-refractivity contribution < 1.29 is 9.90 Å². The van der Waals surface area contributed by atoms with E-state index in [0.29, 0.717) is 30.2 Å². The summed E-state index contributed by atoms with van der Waals surface area (Å²) in [6.07, 6.45) is 1.38. The van der Waals surface area contributed by atoms with Crippen molar-refractivity contribution in [3.8, 4) is 5.82 Å². The van der Waals surface area contributed by atoms with E-state index in [4.69, 9.17) is 0 Å². The zero-order chi connectivity index (χ0) is 14.2. The van der Waals surface area contributed by atoms with E-state index in [-0.39, 0.29) is 5.56 Å². The van der Waals surface area contributed by atoms with Crippen LogP contribution in [0.1, 0.15) is 41.5 Å². The predicted octanol–water partition coefficient (Wildman–Crippen LogP) is 1.13. The normalized spacial score (nSPS) is 10.9. The maximum Gasteiger partial charge on any atom is 0.341 e. The topological polar surface area (TPSA) is 85.8 Å². The molecular weight excluding hydrogens is 246 g/mol. The van der Waals surface area contributed by atoms with Crippen LogP contribution in [0.2, 0.25) is 0 Å². The highest BCUT2D eigenvalue weighted by molar-refractivity contribution is 5.92. The Bertz CT molecular complexity index is 626. The molecular formula is C12H17N5O2. The number of hydrogen-bond acceptors (Lipinski definition) is 4. The number of aromatic carboxylic acids is 1. The number of aromatic nitrogens is 5. The van der Waals surface area contributed by atoms with E-state index in [9.17, 15) is 9.90 Å². The Balaban J connectivity index is 2.71. The van der Waals surface area contributed by atoms with Crippen molar-refractivity contribution in [2.75, 3.05) is 0 Å². The molecule has 1 N–H and O–H groups in total. The largest absolute Gasteiger partial charge is 0.477 e. The van der Waals surface area contributed by atoms with Gasteiger partial charge in [0.15, 0.2) is 11.6 Å². The number of nitrogens with zero attached hydrogens (tertiary/aromatic N) is 5. The Labute approximate surface area is 110 Å². The van der Waals surface area contributed by atoms with Gasteiger partial charge in [0.25, 0.3) is 0 Å². The molecule has 0 atom stereocenters. The zero-order valence-electron chi connectivity index (χ0n) is 11.5. The zero-order valence-corrected chi connectivity index (χ0v) is 11.5. The second-order valence-electron chi connectivity index (χ2n) is 4.28. The molecule has 0 aromatic carbocycles. The van der Waals surface area contributed by atoms with Crippen LogP contribution in [0.15, 0.2) is 0 Å². The summed E-state index contributed by atoms with van der Waals surface area (Å²) < 4.78 is 3.12. The molecule has 0 aliphatic carbocycles. The van der Waals surface area contributed by atoms with Gasteiger partial charge in [-0.1, -0.05) is 13.8 Å². The van der Waals surface area contributed by atoms with Crippen LogP contribution in [-0.2, 0) is 19.9 Å². The molecule has 0 bridgehead atoms. The van der Waals surface area contributed by atoms with Gasteiger partial charge in [-0.3, -0.25) is 0 Å². The lowest BCUT2D eigenvalue weighted by molar-refractivity contribution is 0.0696. The van der Waals surface area contributed by atoms with Gasteiger partial charge in [0.05, 0.1) is 5.69 Å². The van der Waals surface area contributed by atoms with Gasteiger partial charge in [-0.05, 0) is 6.92 Å². The van der Waals surface area contributed by atoms with Crippen molar-refractivity contribution in [3.63, 3.8) is 0 Å². The second kappa shape index (κ2) is 4.83. The first-order valence-corrected chi connectivity index (χ1v) is 6.21. The standard InChI is InChI=1S/C12H17N5O2/c1-5-8-13-9(6-2)17(15-8)11-10(12(18)19)7(3)14-16(11)4/h5-6H2,1-4H3,(H,18,19). The van der Waals surface area contributed by atoms with Crippen LogP contribution >= 0.6 is 0 Å². The third-order valence-electron chi connectivity index (χ3n) is 2.96. The number of hydrogen-bond donors (Lipinski definition) is 1. The highest BCUT2D eigenvalue weighted by atomic mass is 16.4. The predicted molar refractivity (Wildman–Crippen MR) is 68.6 cm³/mol. The summed E-state index contributed by atoms with van der Waals surface area (Å²) in [5.74, 6) is 0.889. The van der Waals surface area contributed by atoms with E-state index in [2.05, 4.69) is 15.2 Å². The van der Waals surface area contributed by atoms with E-state index < -0.39 is 5.97 Å².